The summed E-state index contributed by atoms with van der Waals surface area (Å²) < 4.78 is 0.953. The maximum atomic E-state index is 12.5. The number of carboxylic acids is 1. The van der Waals surface area contributed by atoms with Crippen LogP contribution in [0.5, 0.6) is 0 Å². The minimum Gasteiger partial charge on any atom is -0.481 e. The zero-order chi connectivity index (χ0) is 14.8. The second kappa shape index (κ2) is 6.39. The lowest BCUT2D eigenvalue weighted by Crippen LogP contribution is -2.30. The van der Waals surface area contributed by atoms with Gasteiger partial charge < -0.3 is 5.11 Å². The van der Waals surface area contributed by atoms with E-state index in [1.807, 2.05) is 13.0 Å². The Labute approximate surface area is 131 Å². The van der Waals surface area contributed by atoms with E-state index in [0.29, 0.717) is 6.42 Å². The van der Waals surface area contributed by atoms with Crippen LogP contribution in [0.3, 0.4) is 0 Å². The van der Waals surface area contributed by atoms with Gasteiger partial charge >= 0.3 is 5.97 Å². The van der Waals surface area contributed by atoms with Crippen molar-refractivity contribution in [3.05, 3.63) is 20.3 Å². The highest BCUT2D eigenvalue weighted by atomic mass is 79.9. The van der Waals surface area contributed by atoms with Crippen LogP contribution in [0.25, 0.3) is 0 Å². The maximum Gasteiger partial charge on any atom is 0.303 e. The monoisotopic (exact) mass is 358 g/mol. The van der Waals surface area contributed by atoms with Crippen LogP contribution in [-0.2, 0) is 4.79 Å². The number of thiophene rings is 1. The van der Waals surface area contributed by atoms with Gasteiger partial charge in [-0.1, -0.05) is 19.3 Å². The van der Waals surface area contributed by atoms with Crippen LogP contribution in [0.1, 0.15) is 60.2 Å². The Hall–Kier alpha value is -0.680. The molecule has 1 heterocycles. The molecule has 110 valence electrons. The summed E-state index contributed by atoms with van der Waals surface area (Å²) in [5, 5.41) is 9.16. The normalized spacial score (nSPS) is 17.9. The fourth-order valence-corrected chi connectivity index (χ4v) is 4.91. The third-order valence-electron chi connectivity index (χ3n) is 4.16. The molecule has 0 bridgehead atoms. The molecule has 0 atom stereocenters. The van der Waals surface area contributed by atoms with Crippen molar-refractivity contribution in [3.8, 4) is 0 Å². The summed E-state index contributed by atoms with van der Waals surface area (Å²) in [5.74, 6) is -0.699. The summed E-state index contributed by atoms with van der Waals surface area (Å²) in [6.45, 7) is 1.94. The van der Waals surface area contributed by atoms with Crippen LogP contribution in [-0.4, -0.2) is 16.9 Å². The first-order chi connectivity index (χ1) is 9.42. The van der Waals surface area contributed by atoms with Crippen LogP contribution < -0.4 is 0 Å². The molecule has 0 amide bonds. The first kappa shape index (κ1) is 15.7. The largest absolute Gasteiger partial charge is 0.481 e. The van der Waals surface area contributed by atoms with Gasteiger partial charge in [-0.15, -0.1) is 11.3 Å². The third kappa shape index (κ3) is 3.70. The lowest BCUT2D eigenvalue weighted by Gasteiger charge is -2.35. The number of carbonyl (C=O) groups excluding carboxylic acids is 1. The van der Waals surface area contributed by atoms with Crippen molar-refractivity contribution in [2.45, 2.75) is 51.9 Å². The van der Waals surface area contributed by atoms with E-state index < -0.39 is 5.97 Å². The molecular formula is C15H19BrO3S. The molecule has 1 saturated carbocycles. The Morgan fingerprint density at radius 3 is 2.45 bits per heavy atom. The highest BCUT2D eigenvalue weighted by molar-refractivity contribution is 9.11. The third-order valence-corrected chi connectivity index (χ3v) is 5.72. The molecule has 0 saturated heterocycles. The standard InChI is InChI=1S/C15H19BrO3S/c1-10-11(7-13(16)20-10)12(17)8-15(9-14(18)19)5-3-2-4-6-15/h7H,2-6,8-9H2,1H3,(H,18,19). The number of carboxylic acid groups (broad SMARTS) is 1. The first-order valence-electron chi connectivity index (χ1n) is 6.93. The van der Waals surface area contributed by atoms with Crippen molar-refractivity contribution in [1.82, 2.24) is 0 Å². The summed E-state index contributed by atoms with van der Waals surface area (Å²) in [5.41, 5.74) is 0.416. The molecule has 0 aliphatic heterocycles. The number of aliphatic carboxylic acids is 1. The van der Waals surface area contributed by atoms with E-state index >= 15 is 0 Å². The lowest BCUT2D eigenvalue weighted by atomic mass is 9.68. The van der Waals surface area contributed by atoms with Gasteiger partial charge in [-0.05, 0) is 47.2 Å². The quantitative estimate of drug-likeness (QED) is 0.767. The number of hydrogen-bond donors (Lipinski definition) is 1. The Morgan fingerprint density at radius 2 is 1.95 bits per heavy atom. The van der Waals surface area contributed by atoms with Gasteiger partial charge in [0, 0.05) is 16.9 Å². The van der Waals surface area contributed by atoms with Crippen molar-refractivity contribution in [1.29, 1.82) is 0 Å². The van der Waals surface area contributed by atoms with Crippen LogP contribution in [0.4, 0.5) is 0 Å². The molecule has 1 aromatic heterocycles. The number of ketones is 1. The number of halogens is 1. The van der Waals surface area contributed by atoms with Gasteiger partial charge in [0.05, 0.1) is 10.2 Å². The van der Waals surface area contributed by atoms with Crippen molar-refractivity contribution in [2.24, 2.45) is 5.41 Å². The predicted octanol–water partition coefficient (Wildman–Crippen LogP) is 4.82. The average Bonchev–Trinajstić information content (AvgIpc) is 2.68. The van der Waals surface area contributed by atoms with Crippen LogP contribution in [0.15, 0.2) is 9.85 Å². The van der Waals surface area contributed by atoms with Gasteiger partial charge in [-0.3, -0.25) is 9.59 Å². The molecule has 0 aromatic carbocycles. The molecule has 1 fully saturated rings. The smallest absolute Gasteiger partial charge is 0.303 e. The molecule has 0 unspecified atom stereocenters. The zero-order valence-electron chi connectivity index (χ0n) is 11.6. The molecule has 1 aliphatic carbocycles. The van der Waals surface area contributed by atoms with Crippen molar-refractivity contribution in [2.75, 3.05) is 0 Å². The average molecular weight is 359 g/mol. The van der Waals surface area contributed by atoms with E-state index in [1.54, 1.807) is 11.3 Å². The molecule has 1 N–H and O–H groups in total. The second-order valence-electron chi connectivity index (χ2n) is 5.75. The van der Waals surface area contributed by atoms with E-state index in [2.05, 4.69) is 15.9 Å². The van der Waals surface area contributed by atoms with Gasteiger partial charge in [0.1, 0.15) is 0 Å². The van der Waals surface area contributed by atoms with E-state index in [1.165, 1.54) is 0 Å². The minimum atomic E-state index is -0.789. The molecule has 0 spiro atoms. The predicted molar refractivity (Wildman–Crippen MR) is 83.5 cm³/mol. The zero-order valence-corrected chi connectivity index (χ0v) is 14.0. The van der Waals surface area contributed by atoms with Crippen molar-refractivity contribution >= 4 is 39.0 Å². The minimum absolute atomic E-state index is 0.0904. The van der Waals surface area contributed by atoms with Crippen LogP contribution >= 0.6 is 27.3 Å². The number of carbonyl (C=O) groups is 2. The number of rotatable bonds is 5. The Bertz CT molecular complexity index is 515. The molecule has 5 heteroatoms. The summed E-state index contributed by atoms with van der Waals surface area (Å²) in [6, 6.07) is 1.86. The molecule has 20 heavy (non-hydrogen) atoms. The van der Waals surface area contributed by atoms with E-state index in [4.69, 9.17) is 5.11 Å². The Morgan fingerprint density at radius 1 is 1.30 bits per heavy atom. The fraction of sp³-hybridized carbons (Fsp3) is 0.600. The van der Waals surface area contributed by atoms with Gasteiger partial charge in [-0.2, -0.15) is 0 Å². The number of hydrogen-bond acceptors (Lipinski definition) is 3. The molecule has 2 rings (SSSR count). The SMILES string of the molecule is Cc1sc(Br)cc1C(=O)CC1(CC(=O)O)CCCCC1. The summed E-state index contributed by atoms with van der Waals surface area (Å²) in [4.78, 5) is 24.7. The van der Waals surface area contributed by atoms with Crippen LogP contribution in [0, 0.1) is 12.3 Å². The summed E-state index contributed by atoms with van der Waals surface area (Å²) >= 11 is 4.95. The molecule has 1 aromatic rings. The van der Waals surface area contributed by atoms with E-state index in [0.717, 1.165) is 46.3 Å². The van der Waals surface area contributed by atoms with Crippen molar-refractivity contribution in [3.63, 3.8) is 0 Å². The fourth-order valence-electron chi connectivity index (χ4n) is 3.20. The van der Waals surface area contributed by atoms with Gasteiger partial charge in [-0.25, -0.2) is 0 Å². The first-order valence-corrected chi connectivity index (χ1v) is 8.54. The Balaban J connectivity index is 2.17. The highest BCUT2D eigenvalue weighted by Gasteiger charge is 2.37. The topological polar surface area (TPSA) is 54.4 Å². The van der Waals surface area contributed by atoms with E-state index in [-0.39, 0.29) is 17.6 Å². The number of aryl methyl sites for hydroxylation is 1. The Kier molecular flexibility index (Phi) is 5.02. The second-order valence-corrected chi connectivity index (χ2v) is 8.39. The summed E-state index contributed by atoms with van der Waals surface area (Å²) in [6.07, 6.45) is 5.41. The molecule has 3 nitrogen and oxygen atoms in total. The highest BCUT2D eigenvalue weighted by Crippen LogP contribution is 2.43. The van der Waals surface area contributed by atoms with Crippen molar-refractivity contribution < 1.29 is 14.7 Å². The lowest BCUT2D eigenvalue weighted by molar-refractivity contribution is -0.140. The molecule has 1 aliphatic rings. The van der Waals surface area contributed by atoms with Gasteiger partial charge in [0.25, 0.3) is 0 Å². The molecular weight excluding hydrogens is 340 g/mol. The van der Waals surface area contributed by atoms with Gasteiger partial charge in [0.2, 0.25) is 0 Å². The van der Waals surface area contributed by atoms with E-state index in [9.17, 15) is 9.59 Å². The molecule has 0 radical (unpaired) electrons. The van der Waals surface area contributed by atoms with Gasteiger partial charge in [0.15, 0.2) is 5.78 Å². The number of Topliss-reactive ketones (excluding diaryl/α,β-unsaturated/α-hetero) is 1. The van der Waals surface area contributed by atoms with Crippen LogP contribution in [0.2, 0.25) is 0 Å². The maximum absolute atomic E-state index is 12.5. The summed E-state index contributed by atoms with van der Waals surface area (Å²) in [7, 11) is 0.